The van der Waals surface area contributed by atoms with E-state index in [9.17, 15) is 4.79 Å². The van der Waals surface area contributed by atoms with Gasteiger partial charge < -0.3 is 14.6 Å². The first-order valence-corrected chi connectivity index (χ1v) is 9.34. The Hall–Kier alpha value is -2.53. The minimum absolute atomic E-state index is 0.166. The van der Waals surface area contributed by atoms with Crippen LogP contribution in [0.15, 0.2) is 42.5 Å². The maximum absolute atomic E-state index is 10.9. The van der Waals surface area contributed by atoms with Crippen molar-refractivity contribution in [2.45, 2.75) is 40.0 Å². The van der Waals surface area contributed by atoms with Crippen LogP contribution in [0.25, 0.3) is 0 Å². The van der Waals surface area contributed by atoms with Crippen LogP contribution in [0.4, 0.5) is 0 Å². The zero-order chi connectivity index (χ0) is 19.4. The Labute approximate surface area is 160 Å². The number of carboxylic acids is 1. The molecule has 2 aromatic carbocycles. The Bertz CT molecular complexity index is 779. The summed E-state index contributed by atoms with van der Waals surface area (Å²) in [6, 6.07) is 14.1. The summed E-state index contributed by atoms with van der Waals surface area (Å²) < 4.78 is 11.6. The molecule has 1 N–H and O–H groups in total. The molecule has 0 unspecified atom stereocenters. The van der Waals surface area contributed by atoms with Crippen LogP contribution in [0.1, 0.15) is 30.5 Å². The summed E-state index contributed by atoms with van der Waals surface area (Å²) in [5, 5.41) is 8.95. The van der Waals surface area contributed by atoms with Crippen molar-refractivity contribution in [3.63, 3.8) is 0 Å². The topological polar surface area (TPSA) is 59.0 Å². The van der Waals surface area contributed by atoms with Crippen LogP contribution in [-0.4, -0.2) is 35.2 Å². The van der Waals surface area contributed by atoms with Crippen LogP contribution < -0.4 is 9.47 Å². The summed E-state index contributed by atoms with van der Waals surface area (Å²) in [4.78, 5) is 13.0. The summed E-state index contributed by atoms with van der Waals surface area (Å²) in [7, 11) is 0. The SMILES string of the molecule is Cc1cc(CN2CC(C(=O)O)C2)ccc1OCc1ccc(OC(C)C)cc1. The molecule has 1 fully saturated rings. The molecule has 0 spiro atoms. The van der Waals surface area contributed by atoms with Crippen molar-refractivity contribution in [3.05, 3.63) is 59.2 Å². The maximum Gasteiger partial charge on any atom is 0.309 e. The van der Waals surface area contributed by atoms with E-state index >= 15 is 0 Å². The third-order valence-corrected chi connectivity index (χ3v) is 4.64. The summed E-state index contributed by atoms with van der Waals surface area (Å²) in [6.45, 7) is 8.60. The zero-order valence-corrected chi connectivity index (χ0v) is 16.1. The summed E-state index contributed by atoms with van der Waals surface area (Å²) in [6.07, 6.45) is 0.166. The Morgan fingerprint density at radius 1 is 1.15 bits per heavy atom. The number of aliphatic carboxylic acids is 1. The summed E-state index contributed by atoms with van der Waals surface area (Å²) in [5.74, 6) is 0.819. The molecule has 27 heavy (non-hydrogen) atoms. The summed E-state index contributed by atoms with van der Waals surface area (Å²) >= 11 is 0. The molecular weight excluding hydrogens is 342 g/mol. The van der Waals surface area contributed by atoms with Gasteiger partial charge in [-0.1, -0.05) is 24.3 Å². The van der Waals surface area contributed by atoms with E-state index in [-0.39, 0.29) is 12.0 Å². The van der Waals surface area contributed by atoms with Gasteiger partial charge in [-0.15, -0.1) is 0 Å². The number of aryl methyl sites for hydroxylation is 1. The highest BCUT2D eigenvalue weighted by Gasteiger charge is 2.32. The van der Waals surface area contributed by atoms with E-state index in [1.54, 1.807) is 0 Å². The lowest BCUT2D eigenvalue weighted by molar-refractivity contribution is -0.147. The van der Waals surface area contributed by atoms with Gasteiger partial charge in [0.25, 0.3) is 0 Å². The number of ether oxygens (including phenoxy) is 2. The van der Waals surface area contributed by atoms with Crippen LogP contribution in [-0.2, 0) is 17.9 Å². The highest BCUT2D eigenvalue weighted by molar-refractivity contribution is 5.71. The van der Waals surface area contributed by atoms with E-state index in [0.717, 1.165) is 29.2 Å². The molecule has 0 radical (unpaired) electrons. The van der Waals surface area contributed by atoms with Crippen molar-refractivity contribution < 1.29 is 19.4 Å². The van der Waals surface area contributed by atoms with Crippen molar-refractivity contribution in [2.24, 2.45) is 5.92 Å². The Balaban J connectivity index is 1.51. The van der Waals surface area contributed by atoms with Gasteiger partial charge in [-0.05, 0) is 55.7 Å². The highest BCUT2D eigenvalue weighted by atomic mass is 16.5. The van der Waals surface area contributed by atoms with Gasteiger partial charge in [-0.2, -0.15) is 0 Å². The van der Waals surface area contributed by atoms with Crippen LogP contribution in [0.5, 0.6) is 11.5 Å². The summed E-state index contributed by atoms with van der Waals surface area (Å²) in [5.41, 5.74) is 3.36. The fourth-order valence-electron chi connectivity index (χ4n) is 3.18. The lowest BCUT2D eigenvalue weighted by Gasteiger charge is -2.36. The number of hydrogen-bond acceptors (Lipinski definition) is 4. The fraction of sp³-hybridized carbons (Fsp3) is 0.409. The third kappa shape index (κ3) is 5.23. The predicted molar refractivity (Wildman–Crippen MR) is 104 cm³/mol. The largest absolute Gasteiger partial charge is 0.491 e. The quantitative estimate of drug-likeness (QED) is 0.765. The number of benzene rings is 2. The predicted octanol–water partition coefficient (Wildman–Crippen LogP) is 3.88. The molecule has 0 saturated carbocycles. The molecule has 1 aliphatic rings. The van der Waals surface area contributed by atoms with Gasteiger partial charge in [0.15, 0.2) is 0 Å². The highest BCUT2D eigenvalue weighted by Crippen LogP contribution is 2.24. The molecule has 144 valence electrons. The Morgan fingerprint density at radius 3 is 2.41 bits per heavy atom. The number of likely N-dealkylation sites (tertiary alicyclic amines) is 1. The normalized spacial score (nSPS) is 14.8. The lowest BCUT2D eigenvalue weighted by Crippen LogP contribution is -2.49. The fourth-order valence-corrected chi connectivity index (χ4v) is 3.18. The van der Waals surface area contributed by atoms with Gasteiger partial charge >= 0.3 is 5.97 Å². The molecule has 0 aliphatic carbocycles. The van der Waals surface area contributed by atoms with E-state index in [1.165, 1.54) is 5.56 Å². The molecule has 5 nitrogen and oxygen atoms in total. The van der Waals surface area contributed by atoms with Crippen LogP contribution in [0.2, 0.25) is 0 Å². The molecule has 1 saturated heterocycles. The molecule has 0 amide bonds. The molecule has 2 aromatic rings. The van der Waals surface area contributed by atoms with Gasteiger partial charge in [0.05, 0.1) is 12.0 Å². The number of nitrogens with zero attached hydrogens (tertiary/aromatic N) is 1. The van der Waals surface area contributed by atoms with Crippen molar-refractivity contribution in [2.75, 3.05) is 13.1 Å². The van der Waals surface area contributed by atoms with E-state index in [0.29, 0.717) is 19.7 Å². The van der Waals surface area contributed by atoms with Gasteiger partial charge in [-0.3, -0.25) is 9.69 Å². The van der Waals surface area contributed by atoms with Gasteiger partial charge in [0, 0.05) is 19.6 Å². The number of hydrogen-bond donors (Lipinski definition) is 1. The molecule has 0 atom stereocenters. The Kier molecular flexibility index (Phi) is 6.01. The Morgan fingerprint density at radius 2 is 1.81 bits per heavy atom. The first-order valence-electron chi connectivity index (χ1n) is 9.34. The standard InChI is InChI=1S/C22H27NO4/c1-15(2)27-20-7-4-17(5-8-20)14-26-21-9-6-18(10-16(21)3)11-23-12-19(13-23)22(24)25/h4-10,15,19H,11-14H2,1-3H3,(H,24,25). The van der Waals surface area contributed by atoms with Crippen molar-refractivity contribution in [3.8, 4) is 11.5 Å². The lowest BCUT2D eigenvalue weighted by atomic mass is 9.99. The maximum atomic E-state index is 10.9. The average Bonchev–Trinajstić information content (AvgIpc) is 2.57. The molecular formula is C22H27NO4. The zero-order valence-electron chi connectivity index (χ0n) is 16.1. The van der Waals surface area contributed by atoms with Crippen molar-refractivity contribution in [1.29, 1.82) is 0 Å². The van der Waals surface area contributed by atoms with E-state index in [4.69, 9.17) is 14.6 Å². The first kappa shape index (κ1) is 19.2. The second kappa shape index (κ2) is 8.44. The van der Waals surface area contributed by atoms with Crippen LogP contribution in [0.3, 0.4) is 0 Å². The molecule has 5 heteroatoms. The van der Waals surface area contributed by atoms with Gasteiger partial charge in [0.1, 0.15) is 18.1 Å². The van der Waals surface area contributed by atoms with Crippen molar-refractivity contribution in [1.82, 2.24) is 4.90 Å². The minimum Gasteiger partial charge on any atom is -0.491 e. The van der Waals surface area contributed by atoms with E-state index in [1.807, 2.05) is 51.1 Å². The monoisotopic (exact) mass is 369 g/mol. The van der Waals surface area contributed by atoms with E-state index in [2.05, 4.69) is 17.0 Å². The number of carboxylic acid groups (broad SMARTS) is 1. The number of rotatable bonds is 8. The molecule has 1 aliphatic heterocycles. The van der Waals surface area contributed by atoms with Gasteiger partial charge in [0.2, 0.25) is 0 Å². The smallest absolute Gasteiger partial charge is 0.309 e. The van der Waals surface area contributed by atoms with Crippen LogP contribution >= 0.6 is 0 Å². The first-order chi connectivity index (χ1) is 12.9. The molecule has 3 rings (SSSR count). The molecule has 1 heterocycles. The van der Waals surface area contributed by atoms with Crippen LogP contribution in [0, 0.1) is 12.8 Å². The molecule has 0 aromatic heterocycles. The average molecular weight is 369 g/mol. The number of carbonyl (C=O) groups is 1. The second-order valence-corrected chi connectivity index (χ2v) is 7.43. The molecule has 0 bridgehead atoms. The minimum atomic E-state index is -0.699. The third-order valence-electron chi connectivity index (χ3n) is 4.64. The van der Waals surface area contributed by atoms with Gasteiger partial charge in [-0.25, -0.2) is 0 Å². The van der Waals surface area contributed by atoms with E-state index < -0.39 is 5.97 Å². The van der Waals surface area contributed by atoms with Crippen molar-refractivity contribution >= 4 is 5.97 Å². The second-order valence-electron chi connectivity index (χ2n) is 7.43.